The first-order valence-corrected chi connectivity index (χ1v) is 10.9. The minimum atomic E-state index is -0.200. The molecule has 1 amide bonds. The van der Waals surface area contributed by atoms with Crippen molar-refractivity contribution in [2.75, 3.05) is 42.7 Å². The molecule has 3 rings (SSSR count). The lowest BCUT2D eigenvalue weighted by atomic mass is 10.1. The number of hydrogen-bond donors (Lipinski definition) is 1. The fraction of sp³-hybridized carbons (Fsp3) is 0.409. The van der Waals surface area contributed by atoms with Crippen molar-refractivity contribution in [3.05, 3.63) is 53.3 Å². The monoisotopic (exact) mass is 401 g/mol. The van der Waals surface area contributed by atoms with Crippen LogP contribution in [0.15, 0.2) is 41.3 Å². The summed E-state index contributed by atoms with van der Waals surface area (Å²) in [5, 5.41) is 3.36. The second-order valence-corrected chi connectivity index (χ2v) is 8.32. The maximum Gasteiger partial charge on any atom is 0.256 e. The van der Waals surface area contributed by atoms with Gasteiger partial charge in [0.15, 0.2) is 0 Å². The molecule has 1 saturated heterocycles. The van der Waals surface area contributed by atoms with Gasteiger partial charge in [-0.3, -0.25) is 4.79 Å². The Morgan fingerprint density at radius 1 is 1.11 bits per heavy atom. The number of nitrogens with zero attached hydrogens (tertiary/aromatic N) is 2. The van der Waals surface area contributed by atoms with Gasteiger partial charge in [-0.1, -0.05) is 11.6 Å². The zero-order valence-electron chi connectivity index (χ0n) is 17.0. The van der Waals surface area contributed by atoms with Gasteiger partial charge in [0.2, 0.25) is 0 Å². The lowest BCUT2D eigenvalue weighted by Gasteiger charge is -2.36. The Hall–Kier alpha value is -2.21. The van der Waals surface area contributed by atoms with Crippen molar-refractivity contribution >= 4 is 29.0 Å². The molecule has 2 aromatic carbocycles. The molecule has 1 aliphatic rings. The number of halogens is 1. The molecule has 150 valence electrons. The molecule has 0 radical (unpaired) electrons. The predicted octanol–water partition coefficient (Wildman–Crippen LogP) is 4.64. The second-order valence-electron chi connectivity index (χ2n) is 7.44. The number of aryl methyl sites for hydroxylation is 1. The van der Waals surface area contributed by atoms with Crippen LogP contribution in [-0.2, 0) is 0 Å². The number of carbonyl (C=O) groups excluding carboxylic acids is 1. The molecular formula is C22H28FN3OS. The zero-order chi connectivity index (χ0) is 20.3. The quantitative estimate of drug-likeness (QED) is 0.741. The van der Waals surface area contributed by atoms with Crippen LogP contribution in [0.3, 0.4) is 0 Å². The number of amides is 1. The van der Waals surface area contributed by atoms with Gasteiger partial charge < -0.3 is 15.1 Å². The Balaban J connectivity index is 1.71. The van der Waals surface area contributed by atoms with Crippen LogP contribution in [0, 0.1) is 12.7 Å². The molecular weight excluding hydrogens is 373 g/mol. The first-order chi connectivity index (χ1) is 13.4. The van der Waals surface area contributed by atoms with Gasteiger partial charge >= 0.3 is 0 Å². The third kappa shape index (κ3) is 4.61. The molecule has 0 unspecified atom stereocenters. The number of thioether (sulfide) groups is 1. The zero-order valence-corrected chi connectivity index (χ0v) is 17.8. The van der Waals surface area contributed by atoms with Gasteiger partial charge in [-0.15, -0.1) is 11.8 Å². The number of benzene rings is 2. The fourth-order valence-corrected chi connectivity index (χ4v) is 3.89. The number of piperazine rings is 1. The maximum absolute atomic E-state index is 14.4. The molecule has 0 spiro atoms. The highest BCUT2D eigenvalue weighted by atomic mass is 32.2. The van der Waals surface area contributed by atoms with Crippen LogP contribution in [0.2, 0.25) is 0 Å². The van der Waals surface area contributed by atoms with Crippen LogP contribution < -0.4 is 10.2 Å². The normalized spacial score (nSPS) is 14.5. The van der Waals surface area contributed by atoms with Crippen LogP contribution in [0.1, 0.15) is 29.8 Å². The van der Waals surface area contributed by atoms with E-state index in [1.165, 1.54) is 11.8 Å². The van der Waals surface area contributed by atoms with Crippen molar-refractivity contribution in [3.63, 3.8) is 0 Å². The Kier molecular flexibility index (Phi) is 6.50. The lowest BCUT2D eigenvalue weighted by Crippen LogP contribution is -2.49. The Morgan fingerprint density at radius 2 is 1.82 bits per heavy atom. The molecule has 1 fully saturated rings. The van der Waals surface area contributed by atoms with Crippen molar-refractivity contribution in [3.8, 4) is 0 Å². The summed E-state index contributed by atoms with van der Waals surface area (Å²) in [6.07, 6.45) is 1.94. The molecule has 1 N–H and O–H groups in total. The van der Waals surface area contributed by atoms with E-state index < -0.39 is 0 Å². The first-order valence-electron chi connectivity index (χ1n) is 9.64. The van der Waals surface area contributed by atoms with Gasteiger partial charge in [-0.25, -0.2) is 4.39 Å². The summed E-state index contributed by atoms with van der Waals surface area (Å²) < 4.78 is 14.4. The van der Waals surface area contributed by atoms with Crippen molar-refractivity contribution in [1.82, 2.24) is 4.90 Å². The smallest absolute Gasteiger partial charge is 0.256 e. The number of rotatable bonds is 5. The predicted molar refractivity (Wildman–Crippen MR) is 116 cm³/mol. The van der Waals surface area contributed by atoms with Gasteiger partial charge in [0.1, 0.15) is 5.82 Å². The average molecular weight is 402 g/mol. The molecule has 4 nitrogen and oxygen atoms in total. The molecule has 0 atom stereocenters. The molecule has 28 heavy (non-hydrogen) atoms. The first kappa shape index (κ1) is 20.5. The van der Waals surface area contributed by atoms with E-state index in [9.17, 15) is 9.18 Å². The van der Waals surface area contributed by atoms with Gasteiger partial charge in [-0.2, -0.15) is 0 Å². The summed E-state index contributed by atoms with van der Waals surface area (Å²) in [6.45, 7) is 8.53. The topological polar surface area (TPSA) is 35.6 Å². The fourth-order valence-electron chi connectivity index (χ4n) is 3.46. The Bertz CT molecular complexity index is 848. The summed E-state index contributed by atoms with van der Waals surface area (Å²) in [5.41, 5.74) is 3.25. The maximum atomic E-state index is 14.4. The van der Waals surface area contributed by atoms with Crippen LogP contribution in [0.5, 0.6) is 0 Å². The Labute approximate surface area is 171 Å². The highest BCUT2D eigenvalue weighted by molar-refractivity contribution is 7.98. The minimum Gasteiger partial charge on any atom is -0.382 e. The molecule has 0 aromatic heterocycles. The number of hydrogen-bond acceptors (Lipinski definition) is 4. The van der Waals surface area contributed by atoms with E-state index in [0.29, 0.717) is 37.4 Å². The van der Waals surface area contributed by atoms with Gasteiger partial charge in [0, 0.05) is 42.8 Å². The lowest BCUT2D eigenvalue weighted by molar-refractivity contribution is 0.0747. The highest BCUT2D eigenvalue weighted by Gasteiger charge is 2.25. The highest BCUT2D eigenvalue weighted by Crippen LogP contribution is 2.26. The molecule has 0 bridgehead atoms. The van der Waals surface area contributed by atoms with E-state index in [4.69, 9.17) is 0 Å². The molecule has 0 aliphatic carbocycles. The molecule has 6 heteroatoms. The third-order valence-corrected chi connectivity index (χ3v) is 5.64. The van der Waals surface area contributed by atoms with E-state index in [1.54, 1.807) is 6.07 Å². The molecule has 1 aliphatic heterocycles. The van der Waals surface area contributed by atoms with Crippen LogP contribution in [0.25, 0.3) is 0 Å². The van der Waals surface area contributed by atoms with Crippen molar-refractivity contribution in [1.29, 1.82) is 0 Å². The molecule has 1 heterocycles. The van der Waals surface area contributed by atoms with Gasteiger partial charge in [0.05, 0.1) is 11.3 Å². The summed E-state index contributed by atoms with van der Waals surface area (Å²) in [6, 6.07) is 11.5. The standard InChI is InChI=1S/C22H28FN3OS/c1-15(2)24-20-7-5-16(3)13-18(20)22(27)26-11-9-25(10-12-26)21-8-6-17(28-4)14-19(21)23/h5-8,13-15,24H,9-12H2,1-4H3. The average Bonchev–Trinajstić information content (AvgIpc) is 2.68. The van der Waals surface area contributed by atoms with Crippen LogP contribution >= 0.6 is 11.8 Å². The van der Waals surface area contributed by atoms with E-state index in [2.05, 4.69) is 19.2 Å². The second kappa shape index (κ2) is 8.86. The largest absolute Gasteiger partial charge is 0.382 e. The van der Waals surface area contributed by atoms with Gasteiger partial charge in [-0.05, 0) is 57.4 Å². The van der Waals surface area contributed by atoms with E-state index in [1.807, 2.05) is 53.3 Å². The summed E-state index contributed by atoms with van der Waals surface area (Å²) >= 11 is 1.53. The van der Waals surface area contributed by atoms with E-state index in [0.717, 1.165) is 16.1 Å². The summed E-state index contributed by atoms with van der Waals surface area (Å²) in [7, 11) is 0. The summed E-state index contributed by atoms with van der Waals surface area (Å²) in [5.74, 6) is -0.168. The number of nitrogens with one attached hydrogen (secondary N) is 1. The van der Waals surface area contributed by atoms with E-state index >= 15 is 0 Å². The number of carbonyl (C=O) groups is 1. The van der Waals surface area contributed by atoms with Crippen LogP contribution in [-0.4, -0.2) is 49.3 Å². The molecule has 0 saturated carbocycles. The van der Waals surface area contributed by atoms with Crippen molar-refractivity contribution in [2.45, 2.75) is 31.7 Å². The third-order valence-electron chi connectivity index (χ3n) is 4.91. The molecule has 2 aromatic rings. The number of anilines is 2. The Morgan fingerprint density at radius 3 is 2.43 bits per heavy atom. The van der Waals surface area contributed by atoms with Gasteiger partial charge in [0.25, 0.3) is 5.91 Å². The van der Waals surface area contributed by atoms with Crippen LogP contribution in [0.4, 0.5) is 15.8 Å². The van der Waals surface area contributed by atoms with Crippen molar-refractivity contribution in [2.24, 2.45) is 0 Å². The van der Waals surface area contributed by atoms with Crippen molar-refractivity contribution < 1.29 is 9.18 Å². The summed E-state index contributed by atoms with van der Waals surface area (Å²) in [4.78, 5) is 17.9. The SMILES string of the molecule is CSc1ccc(N2CCN(C(=O)c3cc(C)ccc3NC(C)C)CC2)c(F)c1. The van der Waals surface area contributed by atoms with E-state index in [-0.39, 0.29) is 17.8 Å². The minimum absolute atomic E-state index is 0.0321.